The lowest BCUT2D eigenvalue weighted by Gasteiger charge is -2.34. The molecule has 2 fully saturated rings. The standard InChI is InChI=1S/C31H33ClN4O4/c1-18-5-4-6-25(32)28(18)29-24(30(40-34-29)20-7-8-20)17-39-22-11-13-36(14-12-22)21-9-10-23(19(2)15-21)26-16-27(31(37)38)35(3)33-26/h4-6,9-10,15-16,20,22H,7-8,11-14,17H2,1-3H3,(H,37,38). The molecule has 0 radical (unpaired) electrons. The molecular weight excluding hydrogens is 528 g/mol. The number of rotatable bonds is 8. The number of halogens is 1. The second-order valence-electron chi connectivity index (χ2n) is 10.9. The van der Waals surface area contributed by atoms with E-state index >= 15 is 0 Å². The molecular formula is C31H33ClN4O4. The second-order valence-corrected chi connectivity index (χ2v) is 11.3. The molecule has 8 nitrogen and oxygen atoms in total. The van der Waals surface area contributed by atoms with Crippen LogP contribution in [0.15, 0.2) is 47.0 Å². The number of carboxylic acid groups (broad SMARTS) is 1. The maximum Gasteiger partial charge on any atom is 0.354 e. The summed E-state index contributed by atoms with van der Waals surface area (Å²) in [6, 6.07) is 13.8. The van der Waals surface area contributed by atoms with E-state index in [2.05, 4.69) is 27.3 Å². The Bertz CT molecular complexity index is 1540. The SMILES string of the molecule is Cc1cc(N2CCC(OCc3c(-c4c(C)cccc4Cl)noc3C3CC3)CC2)ccc1-c1cc(C(=O)O)n(C)n1. The lowest BCUT2D eigenvalue weighted by Crippen LogP contribution is -2.37. The number of nitrogens with zero attached hydrogens (tertiary/aromatic N) is 4. The van der Waals surface area contributed by atoms with E-state index in [0.717, 1.165) is 83.7 Å². The van der Waals surface area contributed by atoms with Gasteiger partial charge in [0, 0.05) is 48.4 Å². The van der Waals surface area contributed by atoms with Crippen molar-refractivity contribution in [2.24, 2.45) is 7.05 Å². The van der Waals surface area contributed by atoms with Crippen LogP contribution in [-0.2, 0) is 18.4 Å². The van der Waals surface area contributed by atoms with E-state index in [0.29, 0.717) is 23.2 Å². The molecule has 0 bridgehead atoms. The third-order valence-corrected chi connectivity index (χ3v) is 8.40. The van der Waals surface area contributed by atoms with Crippen LogP contribution in [0.25, 0.3) is 22.5 Å². The summed E-state index contributed by atoms with van der Waals surface area (Å²) in [5.41, 5.74) is 7.84. The zero-order valence-corrected chi connectivity index (χ0v) is 23.7. The molecule has 2 aromatic heterocycles. The number of carboxylic acids is 1. The van der Waals surface area contributed by atoms with E-state index in [9.17, 15) is 9.90 Å². The summed E-state index contributed by atoms with van der Waals surface area (Å²) in [6.45, 7) is 6.34. The van der Waals surface area contributed by atoms with Gasteiger partial charge in [-0.25, -0.2) is 4.79 Å². The average Bonchev–Trinajstić information content (AvgIpc) is 3.58. The number of ether oxygens (including phenoxy) is 1. The van der Waals surface area contributed by atoms with Gasteiger partial charge >= 0.3 is 5.97 Å². The Kier molecular flexibility index (Phi) is 7.15. The zero-order chi connectivity index (χ0) is 28.0. The second kappa shape index (κ2) is 10.7. The first-order valence-corrected chi connectivity index (χ1v) is 14.2. The molecule has 1 N–H and O–H groups in total. The third-order valence-electron chi connectivity index (χ3n) is 8.08. The minimum absolute atomic E-state index is 0.154. The van der Waals surface area contributed by atoms with Crippen molar-refractivity contribution < 1.29 is 19.2 Å². The van der Waals surface area contributed by atoms with Crippen molar-refractivity contribution in [2.75, 3.05) is 18.0 Å². The molecule has 3 heterocycles. The van der Waals surface area contributed by atoms with Gasteiger partial charge in [0.1, 0.15) is 17.1 Å². The lowest BCUT2D eigenvalue weighted by molar-refractivity contribution is 0.0246. The molecule has 208 valence electrons. The maximum atomic E-state index is 11.4. The van der Waals surface area contributed by atoms with Gasteiger partial charge in [-0.3, -0.25) is 4.68 Å². The molecule has 2 aliphatic rings. The van der Waals surface area contributed by atoms with Gasteiger partial charge in [0.15, 0.2) is 0 Å². The molecule has 9 heteroatoms. The summed E-state index contributed by atoms with van der Waals surface area (Å²) in [5.74, 6) is 0.395. The van der Waals surface area contributed by atoms with Crippen LogP contribution in [-0.4, -0.2) is 45.2 Å². The zero-order valence-electron chi connectivity index (χ0n) is 23.0. The van der Waals surface area contributed by atoms with Crippen LogP contribution in [0.4, 0.5) is 5.69 Å². The number of carbonyl (C=O) groups is 1. The van der Waals surface area contributed by atoms with Crippen LogP contribution < -0.4 is 4.90 Å². The van der Waals surface area contributed by atoms with Gasteiger partial charge in [-0.15, -0.1) is 0 Å². The van der Waals surface area contributed by atoms with Crippen molar-refractivity contribution in [3.63, 3.8) is 0 Å². The summed E-state index contributed by atoms with van der Waals surface area (Å²) in [4.78, 5) is 13.8. The largest absolute Gasteiger partial charge is 0.477 e. The van der Waals surface area contributed by atoms with Crippen molar-refractivity contribution in [3.8, 4) is 22.5 Å². The third kappa shape index (κ3) is 5.13. The summed E-state index contributed by atoms with van der Waals surface area (Å²) < 4.78 is 13.7. The van der Waals surface area contributed by atoms with Crippen molar-refractivity contribution in [1.29, 1.82) is 0 Å². The number of benzene rings is 2. The highest BCUT2D eigenvalue weighted by Crippen LogP contribution is 2.45. The summed E-state index contributed by atoms with van der Waals surface area (Å²) in [7, 11) is 1.65. The highest BCUT2D eigenvalue weighted by Gasteiger charge is 2.34. The molecule has 1 saturated heterocycles. The van der Waals surface area contributed by atoms with Gasteiger partial charge in [-0.1, -0.05) is 35.0 Å². The smallest absolute Gasteiger partial charge is 0.354 e. The van der Waals surface area contributed by atoms with E-state index in [4.69, 9.17) is 20.9 Å². The number of anilines is 1. The Morgan fingerprint density at radius 3 is 2.52 bits per heavy atom. The minimum atomic E-state index is -0.983. The van der Waals surface area contributed by atoms with E-state index < -0.39 is 5.97 Å². The van der Waals surface area contributed by atoms with Crippen LogP contribution in [0.1, 0.15) is 64.5 Å². The Balaban J connectivity index is 1.12. The quantitative estimate of drug-likeness (QED) is 0.254. The molecule has 40 heavy (non-hydrogen) atoms. The van der Waals surface area contributed by atoms with Crippen molar-refractivity contribution in [2.45, 2.75) is 58.2 Å². The van der Waals surface area contributed by atoms with Gasteiger partial charge < -0.3 is 19.3 Å². The molecule has 2 aromatic carbocycles. The fourth-order valence-electron chi connectivity index (χ4n) is 5.67. The van der Waals surface area contributed by atoms with Gasteiger partial charge in [0.25, 0.3) is 0 Å². The molecule has 0 unspecified atom stereocenters. The van der Waals surface area contributed by atoms with Crippen LogP contribution >= 0.6 is 11.6 Å². The number of piperidine rings is 1. The van der Waals surface area contributed by atoms with Crippen LogP contribution in [0.3, 0.4) is 0 Å². The number of hydrogen-bond donors (Lipinski definition) is 1. The maximum absolute atomic E-state index is 11.4. The normalized spacial score (nSPS) is 16.1. The van der Waals surface area contributed by atoms with Crippen molar-refractivity contribution >= 4 is 23.3 Å². The van der Waals surface area contributed by atoms with Gasteiger partial charge in [-0.2, -0.15) is 5.10 Å². The van der Waals surface area contributed by atoms with Gasteiger partial charge in [-0.05, 0) is 74.9 Å². The minimum Gasteiger partial charge on any atom is -0.477 e. The predicted octanol–water partition coefficient (Wildman–Crippen LogP) is 6.77. The van der Waals surface area contributed by atoms with Crippen molar-refractivity contribution in [3.05, 3.63) is 75.6 Å². The Morgan fingerprint density at radius 2 is 1.88 bits per heavy atom. The fraction of sp³-hybridized carbons (Fsp3) is 0.387. The first-order valence-electron chi connectivity index (χ1n) is 13.8. The van der Waals surface area contributed by atoms with Crippen molar-refractivity contribution in [1.82, 2.24) is 14.9 Å². The first-order chi connectivity index (χ1) is 19.3. The molecule has 0 atom stereocenters. The van der Waals surface area contributed by atoms with Crippen LogP contribution in [0.5, 0.6) is 0 Å². The molecule has 1 aliphatic heterocycles. The summed E-state index contributed by atoms with van der Waals surface area (Å²) >= 11 is 6.58. The Hall–Kier alpha value is -3.62. The molecule has 6 rings (SSSR count). The lowest BCUT2D eigenvalue weighted by atomic mass is 10.00. The fourth-order valence-corrected chi connectivity index (χ4v) is 5.98. The van der Waals surface area contributed by atoms with E-state index in [1.165, 1.54) is 4.68 Å². The van der Waals surface area contributed by atoms with Crippen LogP contribution in [0.2, 0.25) is 5.02 Å². The Labute approximate surface area is 238 Å². The van der Waals surface area contributed by atoms with E-state index in [1.807, 2.05) is 38.1 Å². The monoisotopic (exact) mass is 560 g/mol. The highest BCUT2D eigenvalue weighted by molar-refractivity contribution is 6.33. The molecule has 0 spiro atoms. The molecule has 1 aliphatic carbocycles. The van der Waals surface area contributed by atoms with Crippen LogP contribution in [0, 0.1) is 13.8 Å². The highest BCUT2D eigenvalue weighted by atomic mass is 35.5. The summed E-state index contributed by atoms with van der Waals surface area (Å²) in [5, 5.41) is 18.9. The molecule has 1 saturated carbocycles. The Morgan fingerprint density at radius 1 is 1.10 bits per heavy atom. The number of aromatic carboxylic acids is 1. The predicted molar refractivity (Wildman–Crippen MR) is 154 cm³/mol. The van der Waals surface area contributed by atoms with Gasteiger partial charge in [0.05, 0.1) is 23.4 Å². The molecule has 0 amide bonds. The van der Waals surface area contributed by atoms with E-state index in [-0.39, 0.29) is 11.8 Å². The first kappa shape index (κ1) is 26.6. The number of hydrogen-bond acceptors (Lipinski definition) is 6. The number of aryl methyl sites for hydroxylation is 3. The van der Waals surface area contributed by atoms with Gasteiger partial charge in [0.2, 0.25) is 0 Å². The molecule has 4 aromatic rings. The van der Waals surface area contributed by atoms with E-state index in [1.54, 1.807) is 13.1 Å². The number of aromatic nitrogens is 3. The summed E-state index contributed by atoms with van der Waals surface area (Å²) in [6.07, 6.45) is 4.25. The average molecular weight is 561 g/mol. The topological polar surface area (TPSA) is 93.6 Å².